The highest BCUT2D eigenvalue weighted by molar-refractivity contribution is 7.15. The summed E-state index contributed by atoms with van der Waals surface area (Å²) >= 11 is 1.43. The minimum Gasteiger partial charge on any atom is -0.349 e. The van der Waals surface area contributed by atoms with Crippen LogP contribution in [0.25, 0.3) is 21.5 Å². The van der Waals surface area contributed by atoms with Crippen molar-refractivity contribution in [1.82, 2.24) is 24.8 Å². The number of aromatic amines is 1. The first-order chi connectivity index (χ1) is 19.2. The molecule has 0 fully saturated rings. The first kappa shape index (κ1) is 26.9. The summed E-state index contributed by atoms with van der Waals surface area (Å²) in [5.74, 6) is -2.85. The van der Waals surface area contributed by atoms with Crippen molar-refractivity contribution in [1.29, 1.82) is 0 Å². The summed E-state index contributed by atoms with van der Waals surface area (Å²) in [6.07, 6.45) is 5.03. The second-order valence-electron chi connectivity index (χ2n) is 9.43. The third-order valence-corrected chi connectivity index (χ3v) is 7.70. The predicted octanol–water partition coefficient (Wildman–Crippen LogP) is 4.73. The van der Waals surface area contributed by atoms with Crippen molar-refractivity contribution in [3.8, 4) is 10.4 Å². The summed E-state index contributed by atoms with van der Waals surface area (Å²) in [5, 5.41) is 3.81. The number of benzene rings is 1. The van der Waals surface area contributed by atoms with Crippen LogP contribution in [0.2, 0.25) is 0 Å². The molecule has 0 radical (unpaired) electrons. The molecule has 1 atom stereocenters. The molecule has 0 aliphatic rings. The van der Waals surface area contributed by atoms with Crippen molar-refractivity contribution in [2.24, 2.45) is 0 Å². The van der Waals surface area contributed by atoms with Crippen LogP contribution in [0.15, 0.2) is 78.0 Å². The van der Waals surface area contributed by atoms with Crippen molar-refractivity contribution in [2.75, 3.05) is 14.1 Å². The van der Waals surface area contributed by atoms with E-state index in [1.807, 2.05) is 30.5 Å². The lowest BCUT2D eigenvalue weighted by Crippen LogP contribution is -2.37. The Balaban J connectivity index is 1.42. The zero-order valence-electron chi connectivity index (χ0n) is 21.7. The number of thiophene rings is 1. The summed E-state index contributed by atoms with van der Waals surface area (Å²) in [5.41, 5.74) is 1.34. The lowest BCUT2D eigenvalue weighted by atomic mass is 10.1. The van der Waals surface area contributed by atoms with Gasteiger partial charge in [-0.2, -0.15) is 0 Å². The number of pyridine rings is 2. The van der Waals surface area contributed by atoms with Crippen LogP contribution in [0.5, 0.6) is 0 Å². The number of hydrogen-bond donors (Lipinski definition) is 2. The highest BCUT2D eigenvalue weighted by Crippen LogP contribution is 2.36. The summed E-state index contributed by atoms with van der Waals surface area (Å²) < 4.78 is 28.2. The Bertz CT molecular complexity index is 1770. The van der Waals surface area contributed by atoms with Gasteiger partial charge in [-0.15, -0.1) is 11.3 Å². The molecule has 4 aromatic heterocycles. The third-order valence-electron chi connectivity index (χ3n) is 6.47. The van der Waals surface area contributed by atoms with Gasteiger partial charge >= 0.3 is 0 Å². The van der Waals surface area contributed by atoms with Gasteiger partial charge in [-0.1, -0.05) is 6.07 Å². The molecule has 5 rings (SSSR count). The minimum atomic E-state index is -1.02. The summed E-state index contributed by atoms with van der Waals surface area (Å²) in [6.45, 7) is -0.0482. The van der Waals surface area contributed by atoms with Crippen molar-refractivity contribution in [2.45, 2.75) is 19.0 Å². The number of nitrogens with zero attached hydrogens (tertiary/aromatic N) is 3. The number of nitrogens with one attached hydrogen (secondary N) is 2. The molecule has 0 saturated carbocycles. The van der Waals surface area contributed by atoms with Gasteiger partial charge in [-0.3, -0.25) is 14.4 Å². The standard InChI is InChI=1S/C29H25F2N5O3S/c1-35(2)26(37)14-23(25-10-9-24(40-25)20-15-33-27-18(20)5-3-11-32-27)34-28(38)19-6-4-12-36(29(19)39)16-17-7-8-21(30)22(31)13-17/h3-13,15,23H,14,16H2,1-2H3,(H,32,33)(H,34,38)/t23-/m1/s1. The van der Waals surface area contributed by atoms with Crippen molar-refractivity contribution in [3.63, 3.8) is 0 Å². The molecule has 1 aromatic carbocycles. The van der Waals surface area contributed by atoms with E-state index in [2.05, 4.69) is 15.3 Å². The fourth-order valence-corrected chi connectivity index (χ4v) is 5.42. The number of H-pyrrole nitrogens is 1. The van der Waals surface area contributed by atoms with E-state index in [-0.39, 0.29) is 24.4 Å². The van der Waals surface area contributed by atoms with E-state index in [4.69, 9.17) is 0 Å². The normalized spacial score (nSPS) is 11.9. The summed E-state index contributed by atoms with van der Waals surface area (Å²) in [4.78, 5) is 49.8. The molecule has 204 valence electrons. The zero-order chi connectivity index (χ0) is 28.4. The molecule has 0 aliphatic carbocycles. The van der Waals surface area contributed by atoms with Gasteiger partial charge in [0.05, 0.1) is 19.0 Å². The van der Waals surface area contributed by atoms with E-state index in [0.29, 0.717) is 5.56 Å². The van der Waals surface area contributed by atoms with Gasteiger partial charge in [0.1, 0.15) is 11.2 Å². The van der Waals surface area contributed by atoms with Crippen LogP contribution in [0.1, 0.15) is 33.3 Å². The summed E-state index contributed by atoms with van der Waals surface area (Å²) in [7, 11) is 3.27. The van der Waals surface area contributed by atoms with Crippen molar-refractivity contribution >= 4 is 34.2 Å². The SMILES string of the molecule is CN(C)C(=O)C[C@@H](NC(=O)c1cccn(Cc2ccc(F)c(F)c2)c1=O)c1ccc(-c2c[nH]c3ncccc23)s1. The van der Waals surface area contributed by atoms with Gasteiger partial charge in [0.2, 0.25) is 5.91 Å². The topological polar surface area (TPSA) is 100 Å². The molecule has 0 bridgehead atoms. The molecule has 2 amide bonds. The second kappa shape index (κ2) is 11.2. The van der Waals surface area contributed by atoms with Crippen molar-refractivity contribution < 1.29 is 18.4 Å². The van der Waals surface area contributed by atoms with Crippen LogP contribution < -0.4 is 10.9 Å². The van der Waals surface area contributed by atoms with Crippen LogP contribution in [-0.2, 0) is 11.3 Å². The number of hydrogen-bond acceptors (Lipinski definition) is 5. The zero-order valence-corrected chi connectivity index (χ0v) is 22.5. The number of carbonyl (C=O) groups is 2. The largest absolute Gasteiger partial charge is 0.349 e. The highest BCUT2D eigenvalue weighted by Gasteiger charge is 2.24. The smallest absolute Gasteiger partial charge is 0.263 e. The third kappa shape index (κ3) is 5.55. The predicted molar refractivity (Wildman–Crippen MR) is 149 cm³/mol. The van der Waals surface area contributed by atoms with E-state index in [0.717, 1.165) is 38.5 Å². The highest BCUT2D eigenvalue weighted by atomic mass is 32.1. The van der Waals surface area contributed by atoms with Crippen LogP contribution in [-0.4, -0.2) is 45.3 Å². The molecule has 11 heteroatoms. The molecule has 40 heavy (non-hydrogen) atoms. The lowest BCUT2D eigenvalue weighted by Gasteiger charge is -2.19. The Morgan fingerprint density at radius 1 is 1.10 bits per heavy atom. The van der Waals surface area contributed by atoms with Crippen LogP contribution in [0, 0.1) is 11.6 Å². The Morgan fingerprint density at radius 2 is 1.93 bits per heavy atom. The van der Waals surface area contributed by atoms with Gasteiger partial charge in [0.15, 0.2) is 11.6 Å². The first-order valence-corrected chi connectivity index (χ1v) is 13.2. The van der Waals surface area contributed by atoms with Crippen LogP contribution in [0.4, 0.5) is 8.78 Å². The Hall–Kier alpha value is -4.64. The molecular formula is C29H25F2N5O3S. The van der Waals surface area contributed by atoms with E-state index in [9.17, 15) is 23.2 Å². The fraction of sp³-hybridized carbons (Fsp3) is 0.172. The number of rotatable bonds is 8. The van der Waals surface area contributed by atoms with E-state index < -0.39 is 29.1 Å². The number of fused-ring (bicyclic) bond motifs is 1. The average molecular weight is 562 g/mol. The van der Waals surface area contributed by atoms with E-state index >= 15 is 0 Å². The molecule has 0 spiro atoms. The Kier molecular flexibility index (Phi) is 7.56. The monoisotopic (exact) mass is 561 g/mol. The Morgan fingerprint density at radius 3 is 2.70 bits per heavy atom. The van der Waals surface area contributed by atoms with Gasteiger partial charge < -0.3 is 19.8 Å². The number of amides is 2. The molecule has 0 unspecified atom stereocenters. The average Bonchev–Trinajstić information content (AvgIpc) is 3.59. The van der Waals surface area contributed by atoms with Gasteiger partial charge in [-0.25, -0.2) is 13.8 Å². The van der Waals surface area contributed by atoms with Crippen LogP contribution >= 0.6 is 11.3 Å². The second-order valence-corrected chi connectivity index (χ2v) is 10.5. The molecule has 2 N–H and O–H groups in total. The molecule has 5 aromatic rings. The van der Waals surface area contributed by atoms with E-state index in [1.54, 1.807) is 20.3 Å². The van der Waals surface area contributed by atoms with Crippen LogP contribution in [0.3, 0.4) is 0 Å². The minimum absolute atomic E-state index is 0.00991. The van der Waals surface area contributed by atoms with Gasteiger partial charge in [0.25, 0.3) is 11.5 Å². The Labute approximate surface area is 231 Å². The number of halogens is 2. The molecule has 8 nitrogen and oxygen atoms in total. The first-order valence-electron chi connectivity index (χ1n) is 12.4. The number of aromatic nitrogens is 3. The molecular weight excluding hydrogens is 536 g/mol. The maximum Gasteiger partial charge on any atom is 0.263 e. The molecule has 4 heterocycles. The number of carbonyl (C=O) groups excluding carboxylic acids is 2. The van der Waals surface area contributed by atoms with E-state index in [1.165, 1.54) is 45.2 Å². The van der Waals surface area contributed by atoms with Gasteiger partial charge in [-0.05, 0) is 54.1 Å². The quantitative estimate of drug-likeness (QED) is 0.286. The van der Waals surface area contributed by atoms with Gasteiger partial charge in [0, 0.05) is 53.4 Å². The van der Waals surface area contributed by atoms with Crippen molar-refractivity contribution in [3.05, 3.63) is 111 Å². The maximum absolute atomic E-state index is 13.7. The molecule has 0 saturated heterocycles. The lowest BCUT2D eigenvalue weighted by molar-refractivity contribution is -0.129. The fourth-order valence-electron chi connectivity index (χ4n) is 4.33. The summed E-state index contributed by atoms with van der Waals surface area (Å²) in [6, 6.07) is 13.2. The maximum atomic E-state index is 13.7. The molecule has 0 aliphatic heterocycles.